The summed E-state index contributed by atoms with van der Waals surface area (Å²) in [4.78, 5) is 111. The summed E-state index contributed by atoms with van der Waals surface area (Å²) in [6.45, 7) is 36.1. The number of esters is 6. The Morgan fingerprint density at radius 1 is 0.394 bits per heavy atom. The van der Waals surface area contributed by atoms with Gasteiger partial charge in [-0.15, -0.1) is 34.0 Å². The molecule has 6 heterocycles. The van der Waals surface area contributed by atoms with E-state index in [0.29, 0.717) is 65.4 Å². The van der Waals surface area contributed by atoms with Crippen LogP contribution >= 0.6 is 34.0 Å². The first kappa shape index (κ1) is 115. The third-order valence-electron chi connectivity index (χ3n) is 22.3. The highest BCUT2D eigenvalue weighted by molar-refractivity contribution is 7.97. The number of fused-ring (bicyclic) bond motifs is 3. The van der Waals surface area contributed by atoms with E-state index in [2.05, 4.69) is 62.2 Å². The number of carbonyl (C=O) groups excluding carboxylic acids is 8. The first-order valence-electron chi connectivity index (χ1n) is 43.7. The summed E-state index contributed by atoms with van der Waals surface area (Å²) >= 11 is 1.85. The number of carbonyl (C=O) groups is 9. The molecule has 0 saturated carbocycles. The summed E-state index contributed by atoms with van der Waals surface area (Å²) < 4.78 is 197. The lowest BCUT2D eigenvalue weighted by Gasteiger charge is -2.44. The van der Waals surface area contributed by atoms with Gasteiger partial charge in [-0.3, -0.25) is 9.59 Å². The lowest BCUT2D eigenvalue weighted by atomic mass is 10.1. The van der Waals surface area contributed by atoms with Crippen molar-refractivity contribution in [3.63, 3.8) is 0 Å². The lowest BCUT2D eigenvalue weighted by Crippen LogP contribution is -2.68. The van der Waals surface area contributed by atoms with Gasteiger partial charge in [-0.25, -0.2) is 98.7 Å². The molecule has 48 heteroatoms. The fraction of sp³-hybridized carbons (Fsp3) is 0.494. The number of amides is 2. The SMILES string of the molecule is CCN[C@H]1C[C@H](C)S(=O)(=O)c2sc(S(=O)(=O)NC(=O)[C@H](C)OC(=O)[C@H](C)OC(=O)[C@H](C)O)cc21.CCN[C@H]1C[C@H](C)S(=O)(=O)c2sc(S(=O)(=O)NC(=O)[C@H](C)OC(=O)[C@H](C)OC(=O)[C@H](C)O[Si](c3ccccc3)(c3ccccc3)C(C)(C)C)cc21.CCN[C@H]1C[C@H](C)S(=O)(=O)c2sc(S(N)(=O)=O)cc21.C[C@H](O[Si](c1ccccc1)(c1ccccc1)C(C)(C)C)C(=O)O[C@H](C)C(=O)O[C@H](C)C(=O)O. The third-order valence-corrected chi connectivity index (χ3v) is 49.3. The Balaban J connectivity index is 0.000000262. The minimum Gasteiger partial charge on any atom is -0.479 e. The van der Waals surface area contributed by atoms with Gasteiger partial charge in [0.25, 0.3) is 48.5 Å². The van der Waals surface area contributed by atoms with Crippen molar-refractivity contribution in [2.75, 3.05) is 19.6 Å². The maximum atomic E-state index is 13.4. The van der Waals surface area contributed by atoms with Gasteiger partial charge in [0.15, 0.2) is 66.1 Å². The summed E-state index contributed by atoms with van der Waals surface area (Å²) in [7, 11) is -29.9. The van der Waals surface area contributed by atoms with Crippen LogP contribution in [0, 0.1) is 0 Å². The van der Waals surface area contributed by atoms with Crippen LogP contribution in [0.2, 0.25) is 10.1 Å². The molecule has 0 radical (unpaired) electrons. The van der Waals surface area contributed by atoms with Crippen molar-refractivity contribution in [2.45, 2.75) is 289 Å². The average Bonchev–Trinajstić information content (AvgIpc) is 1.73. The maximum absolute atomic E-state index is 13.4. The van der Waals surface area contributed by atoms with Gasteiger partial charge < -0.3 is 63.4 Å². The Morgan fingerprint density at radius 3 is 0.869 bits per heavy atom. The van der Waals surface area contributed by atoms with E-state index in [1.54, 1.807) is 39.3 Å². The molecule has 10 rings (SSSR count). The van der Waals surface area contributed by atoms with Crippen molar-refractivity contribution in [1.82, 2.24) is 25.4 Å². The number of aliphatic hydroxyl groups excluding tert-OH is 1. The molecule has 0 bridgehead atoms. The molecule has 7 aromatic rings. The molecule has 9 N–H and O–H groups in total. The number of carboxylic acid groups (broad SMARTS) is 1. The molecule has 0 saturated heterocycles. The van der Waals surface area contributed by atoms with E-state index in [0.717, 1.165) is 52.9 Å². The van der Waals surface area contributed by atoms with Crippen molar-refractivity contribution < 1.29 is 141 Å². The lowest BCUT2D eigenvalue weighted by molar-refractivity contribution is -0.177. The van der Waals surface area contributed by atoms with Gasteiger partial charge in [-0.1, -0.05) is 184 Å². The van der Waals surface area contributed by atoms with Crippen molar-refractivity contribution in [3.05, 3.63) is 156 Å². The largest absolute Gasteiger partial charge is 0.479 e. The normalized spacial score (nSPS) is 19.8. The molecule has 137 heavy (non-hydrogen) atoms. The molecule has 2 amide bonds. The Labute approximate surface area is 814 Å². The van der Waals surface area contributed by atoms with E-state index in [4.69, 9.17) is 47.9 Å². The molecule has 3 aliphatic rings. The monoisotopic (exact) mass is 2110 g/mol. The van der Waals surface area contributed by atoms with E-state index < -0.39 is 206 Å². The van der Waals surface area contributed by atoms with Crippen LogP contribution in [0.5, 0.6) is 0 Å². The number of aliphatic hydroxyl groups is 1. The summed E-state index contributed by atoms with van der Waals surface area (Å²) in [6.07, 6.45) is -11.3. The van der Waals surface area contributed by atoms with E-state index in [1.165, 1.54) is 45.9 Å². The van der Waals surface area contributed by atoms with E-state index in [9.17, 15) is 93.7 Å². The Hall–Kier alpha value is -8.94. The number of nitrogens with one attached hydrogen (secondary N) is 5. The minimum atomic E-state index is -4.53. The number of sulfonamides is 3. The standard InChI is InChI=1S/C35H46N2O10S3Si.C25H32O7Si.C19H28N2O10S3.C10H16N2O4S3/c1-9-36-29-20-22(2)49(41,42)34-28(29)21-30(48-34)50(43,44)37-31(38)23(3)45-32(39)24(4)46-33(40)25(5)47-51(35(6,7)8,26-16-12-10-13-17-26)27-18-14-11-15-19-27;1-17(22(26)27)30-23(28)18(2)31-24(29)19(3)32-33(25(4,5)6,20-13-9-7-10-14-20)21-15-11-8-12-16-21;1-6-20-14-7-9(2)33(26,27)19-13(14)8-15(32-19)34(28,29)21-16(23)11(4)30-18(25)12(5)31-17(24)10(3)22;1-3-12-8-4-6(2)18(13,14)10-7(8)5-9(17-10)19(11,15)16/h10-19,21-25,29,36H,9,20H2,1-8H3,(H,37,38);7-19H,1-6H3,(H,26,27);8-12,14,20,22H,6-7H2,1-5H3,(H,21,23);5-6,8,12H,3-4H2,1-2H3,(H2,11,15,16)/t22-,23-,24-,25-,29-;17-,18-,19+;9-,10-,11-,12-,14-;6-,8-/m0100/s1. The van der Waals surface area contributed by atoms with Crippen LogP contribution in [0.3, 0.4) is 0 Å². The number of nitrogens with two attached hydrogens (primary N) is 1. The van der Waals surface area contributed by atoms with E-state index in [1.807, 2.05) is 147 Å². The number of carboxylic acids is 1. The zero-order valence-corrected chi connectivity index (χ0v) is 89.0. The molecule has 37 nitrogen and oxygen atoms in total. The maximum Gasteiger partial charge on any atom is 0.347 e. The Bertz CT molecular complexity index is 6120. The number of thiophene rings is 3. The van der Waals surface area contributed by atoms with Gasteiger partial charge in [0.1, 0.15) is 43.6 Å². The fourth-order valence-corrected chi connectivity index (χ4v) is 38.8. The first-order valence-corrected chi connectivity index (χ1v) is 59.1. The van der Waals surface area contributed by atoms with Crippen molar-refractivity contribution in [1.29, 1.82) is 0 Å². The predicted molar refractivity (Wildman–Crippen MR) is 517 cm³/mol. The highest BCUT2D eigenvalue weighted by Gasteiger charge is 2.55. The second-order valence-corrected chi connectivity index (χ2v) is 59.8. The quantitative estimate of drug-likeness (QED) is 0.0113. The molecule has 0 fully saturated rings. The van der Waals surface area contributed by atoms with Gasteiger partial charge in [0, 0.05) is 34.8 Å². The van der Waals surface area contributed by atoms with E-state index in [-0.39, 0.29) is 61.3 Å². The molecule has 0 aliphatic carbocycles. The van der Waals surface area contributed by atoms with Gasteiger partial charge >= 0.3 is 41.8 Å². The molecule has 3 aliphatic heterocycles. The van der Waals surface area contributed by atoms with Crippen LogP contribution < -0.4 is 51.3 Å². The molecule has 15 atom stereocenters. The van der Waals surface area contributed by atoms with Gasteiger partial charge in [0.2, 0.25) is 10.0 Å². The Kier molecular flexibility index (Phi) is 39.5. The van der Waals surface area contributed by atoms with Crippen LogP contribution in [0.4, 0.5) is 0 Å². The average molecular weight is 2120 g/mol. The van der Waals surface area contributed by atoms with Crippen molar-refractivity contribution >= 4 is 185 Å². The number of benzene rings is 4. The summed E-state index contributed by atoms with van der Waals surface area (Å²) in [5.41, 5.74) is 1.18. The molecule has 0 spiro atoms. The van der Waals surface area contributed by atoms with Gasteiger partial charge in [-0.2, -0.15) is 0 Å². The minimum absolute atomic E-state index is 0.0664. The molecular formula is C89H122N6O31S9Si2. The number of primary sulfonamides is 1. The number of hydrogen-bond donors (Lipinski definition) is 8. The highest BCUT2D eigenvalue weighted by Crippen LogP contribution is 2.47. The van der Waals surface area contributed by atoms with Crippen LogP contribution in [0.15, 0.2) is 165 Å². The molecular weight excluding hydrogens is 1990 g/mol. The third kappa shape index (κ3) is 27.7. The number of sulfone groups is 3. The number of hydrogen-bond acceptors (Lipinski definition) is 36. The summed E-state index contributed by atoms with van der Waals surface area (Å²) in [6, 6.07) is 42.0. The topological polar surface area (TPSA) is 559 Å². The summed E-state index contributed by atoms with van der Waals surface area (Å²) in [5, 5.41) is 33.8. The second kappa shape index (κ2) is 47.1. The number of rotatable bonds is 34. The van der Waals surface area contributed by atoms with Gasteiger partial charge in [-0.05, 0) is 171 Å². The molecule has 4 aromatic carbocycles. The predicted octanol–water partition coefficient (Wildman–Crippen LogP) is 7.12. The van der Waals surface area contributed by atoms with E-state index >= 15 is 0 Å². The smallest absolute Gasteiger partial charge is 0.347 e. The van der Waals surface area contributed by atoms with Crippen LogP contribution in [-0.2, 0) is 140 Å². The van der Waals surface area contributed by atoms with Crippen LogP contribution in [0.25, 0.3) is 0 Å². The van der Waals surface area contributed by atoms with Crippen LogP contribution in [0.1, 0.15) is 199 Å². The van der Waals surface area contributed by atoms with Crippen LogP contribution in [-0.4, -0.2) is 221 Å². The zero-order chi connectivity index (χ0) is 103. The molecule has 756 valence electrons. The summed E-state index contributed by atoms with van der Waals surface area (Å²) in [5.74, 6) is -9.42. The Morgan fingerprint density at radius 2 is 0.628 bits per heavy atom. The highest BCUT2D eigenvalue weighted by atomic mass is 32.3. The van der Waals surface area contributed by atoms with Gasteiger partial charge in [0.05, 0.1) is 15.7 Å². The fourth-order valence-electron chi connectivity index (χ4n) is 15.0. The van der Waals surface area contributed by atoms with Crippen molar-refractivity contribution in [2.24, 2.45) is 5.14 Å². The number of ether oxygens (including phenoxy) is 6. The molecule has 0 unspecified atom stereocenters. The first-order chi connectivity index (χ1) is 63.4. The second-order valence-electron chi connectivity index (χ2n) is 34.8. The zero-order valence-electron chi connectivity index (χ0n) is 79.7. The molecule has 3 aromatic heterocycles. The number of aliphatic carboxylic acids is 1. The van der Waals surface area contributed by atoms with Crippen molar-refractivity contribution in [3.8, 4) is 0 Å².